The number of hydrogen-bond donors (Lipinski definition) is 2. The van der Waals surface area contributed by atoms with Gasteiger partial charge in [0.15, 0.2) is 0 Å². The molecule has 0 bridgehead atoms. The minimum atomic E-state index is -0.826. The number of aliphatic carboxylic acids is 2. The van der Waals surface area contributed by atoms with Gasteiger partial charge in [-0.15, -0.1) is 0 Å². The monoisotopic (exact) mass is 184 g/mol. The maximum absolute atomic E-state index is 10.8. The molecule has 0 radical (unpaired) electrons. The van der Waals surface area contributed by atoms with Crippen LogP contribution in [0.15, 0.2) is 0 Å². The maximum atomic E-state index is 10.8. The van der Waals surface area contributed by atoms with E-state index < -0.39 is 23.8 Å². The van der Waals surface area contributed by atoms with Crippen molar-refractivity contribution in [1.29, 1.82) is 0 Å². The molecule has 2 saturated carbocycles. The van der Waals surface area contributed by atoms with Gasteiger partial charge in [0.1, 0.15) is 0 Å². The van der Waals surface area contributed by atoms with Crippen LogP contribution in [0.5, 0.6) is 0 Å². The van der Waals surface area contributed by atoms with Crippen LogP contribution < -0.4 is 0 Å². The Hall–Kier alpha value is -1.06. The highest BCUT2D eigenvalue weighted by atomic mass is 16.4. The summed E-state index contributed by atoms with van der Waals surface area (Å²) in [5.41, 5.74) is -0.377. The van der Waals surface area contributed by atoms with Gasteiger partial charge in [-0.05, 0) is 24.7 Å². The molecular formula is C9H12O4. The van der Waals surface area contributed by atoms with E-state index in [2.05, 4.69) is 0 Å². The lowest BCUT2D eigenvalue weighted by molar-refractivity contribution is -0.144. The van der Waals surface area contributed by atoms with Crippen LogP contribution >= 0.6 is 0 Å². The van der Waals surface area contributed by atoms with Gasteiger partial charge in [-0.25, -0.2) is 0 Å². The van der Waals surface area contributed by atoms with E-state index in [0.29, 0.717) is 12.8 Å². The minimum absolute atomic E-state index is 0.377. The zero-order valence-corrected chi connectivity index (χ0v) is 7.19. The predicted molar refractivity (Wildman–Crippen MR) is 43.2 cm³/mol. The van der Waals surface area contributed by atoms with Crippen molar-refractivity contribution in [2.24, 2.45) is 17.3 Å². The van der Waals surface area contributed by atoms with E-state index in [0.717, 1.165) is 12.8 Å². The van der Waals surface area contributed by atoms with E-state index in [1.54, 1.807) is 0 Å². The third-order valence-corrected chi connectivity index (χ3v) is 3.54. The molecule has 0 aromatic carbocycles. The van der Waals surface area contributed by atoms with Gasteiger partial charge < -0.3 is 10.2 Å². The molecule has 2 aliphatic carbocycles. The van der Waals surface area contributed by atoms with Gasteiger partial charge in [-0.2, -0.15) is 0 Å². The highest BCUT2D eigenvalue weighted by Crippen LogP contribution is 2.65. The predicted octanol–water partition coefficient (Wildman–Crippen LogP) is 0.962. The van der Waals surface area contributed by atoms with Crippen LogP contribution in [0.4, 0.5) is 0 Å². The number of hydrogen-bond acceptors (Lipinski definition) is 2. The normalized spacial score (nSPS) is 42.2. The second-order valence-electron chi connectivity index (χ2n) is 4.11. The molecule has 2 rings (SSSR count). The molecule has 0 aromatic rings. The molecule has 13 heavy (non-hydrogen) atoms. The van der Waals surface area contributed by atoms with Crippen molar-refractivity contribution in [2.75, 3.05) is 0 Å². The lowest BCUT2D eigenvalue weighted by Crippen LogP contribution is -2.23. The first-order chi connectivity index (χ1) is 6.08. The fraction of sp³-hybridized carbons (Fsp3) is 0.778. The molecule has 0 aromatic heterocycles. The Kier molecular flexibility index (Phi) is 1.62. The molecule has 72 valence electrons. The molecular weight excluding hydrogens is 172 g/mol. The summed E-state index contributed by atoms with van der Waals surface area (Å²) in [5, 5.41) is 17.7. The third kappa shape index (κ3) is 1.04. The fourth-order valence-electron chi connectivity index (χ4n) is 2.78. The second-order valence-corrected chi connectivity index (χ2v) is 4.11. The van der Waals surface area contributed by atoms with Gasteiger partial charge in [0.25, 0.3) is 0 Å². The zero-order valence-electron chi connectivity index (χ0n) is 7.19. The van der Waals surface area contributed by atoms with E-state index in [1.165, 1.54) is 0 Å². The van der Waals surface area contributed by atoms with Gasteiger partial charge >= 0.3 is 11.9 Å². The van der Waals surface area contributed by atoms with E-state index in [9.17, 15) is 9.59 Å². The topological polar surface area (TPSA) is 74.6 Å². The molecule has 3 atom stereocenters. The van der Waals surface area contributed by atoms with E-state index in [4.69, 9.17) is 10.2 Å². The van der Waals surface area contributed by atoms with Crippen LogP contribution in [0, 0.1) is 17.3 Å². The lowest BCUT2D eigenvalue weighted by Gasteiger charge is -2.13. The summed E-state index contributed by atoms with van der Waals surface area (Å²) >= 11 is 0. The van der Waals surface area contributed by atoms with Gasteiger partial charge in [-0.1, -0.05) is 6.42 Å². The van der Waals surface area contributed by atoms with Crippen molar-refractivity contribution in [3.8, 4) is 0 Å². The van der Waals surface area contributed by atoms with Crippen LogP contribution in [0.2, 0.25) is 0 Å². The zero-order chi connectivity index (χ0) is 9.64. The highest BCUT2D eigenvalue weighted by molar-refractivity contribution is 5.80. The standard InChI is InChI=1S/C9H12O4/c10-7(11)5-2-1-3-9(5)4-6(9)8(12)13/h5-6H,1-4H2,(H,10,11)(H,12,13)/t5-,6?,9?/m0/s1. The second kappa shape index (κ2) is 2.47. The Balaban J connectivity index is 2.16. The largest absolute Gasteiger partial charge is 0.481 e. The van der Waals surface area contributed by atoms with E-state index in [1.807, 2.05) is 0 Å². The van der Waals surface area contributed by atoms with Crippen molar-refractivity contribution in [1.82, 2.24) is 0 Å². The molecule has 0 saturated heterocycles. The summed E-state index contributed by atoms with van der Waals surface area (Å²) in [6.45, 7) is 0. The molecule has 4 nitrogen and oxygen atoms in total. The average molecular weight is 184 g/mol. The molecule has 0 amide bonds. The Labute approximate surface area is 75.6 Å². The smallest absolute Gasteiger partial charge is 0.307 e. The molecule has 2 N–H and O–H groups in total. The first kappa shape index (κ1) is 8.53. The molecule has 1 spiro atoms. The summed E-state index contributed by atoms with van der Waals surface area (Å²) in [6.07, 6.45) is 2.86. The van der Waals surface area contributed by atoms with Crippen molar-refractivity contribution < 1.29 is 19.8 Å². The summed E-state index contributed by atoms with van der Waals surface area (Å²) in [6, 6.07) is 0. The number of carboxylic acids is 2. The lowest BCUT2D eigenvalue weighted by atomic mass is 9.90. The summed E-state index contributed by atoms with van der Waals surface area (Å²) < 4.78 is 0. The van der Waals surface area contributed by atoms with Crippen molar-refractivity contribution in [2.45, 2.75) is 25.7 Å². The van der Waals surface area contributed by atoms with Crippen molar-refractivity contribution in [3.63, 3.8) is 0 Å². The molecule has 0 aliphatic heterocycles. The Morgan fingerprint density at radius 1 is 1.15 bits per heavy atom. The number of rotatable bonds is 2. The van der Waals surface area contributed by atoms with E-state index in [-0.39, 0.29) is 5.41 Å². The van der Waals surface area contributed by atoms with E-state index >= 15 is 0 Å². The van der Waals surface area contributed by atoms with Crippen LogP contribution in [0.25, 0.3) is 0 Å². The molecule has 2 unspecified atom stereocenters. The Bertz CT molecular complexity index is 273. The average Bonchev–Trinajstić information content (AvgIpc) is 2.54. The first-order valence-electron chi connectivity index (χ1n) is 4.53. The van der Waals surface area contributed by atoms with Crippen LogP contribution in [0.1, 0.15) is 25.7 Å². The van der Waals surface area contributed by atoms with Crippen molar-refractivity contribution >= 4 is 11.9 Å². The van der Waals surface area contributed by atoms with Gasteiger partial charge in [0.05, 0.1) is 11.8 Å². The summed E-state index contributed by atoms with van der Waals surface area (Å²) in [5.74, 6) is -2.45. The number of carbonyl (C=O) groups is 2. The SMILES string of the molecule is O=C(O)C1CC12CCC[C@H]2C(=O)O. The Morgan fingerprint density at radius 3 is 2.23 bits per heavy atom. The quantitative estimate of drug-likeness (QED) is 0.670. The van der Waals surface area contributed by atoms with Gasteiger partial charge in [0.2, 0.25) is 0 Å². The third-order valence-electron chi connectivity index (χ3n) is 3.54. The Morgan fingerprint density at radius 2 is 1.77 bits per heavy atom. The molecule has 2 fully saturated rings. The maximum Gasteiger partial charge on any atom is 0.307 e. The summed E-state index contributed by atoms with van der Waals surface area (Å²) in [4.78, 5) is 21.5. The molecule has 0 heterocycles. The van der Waals surface area contributed by atoms with Crippen LogP contribution in [-0.4, -0.2) is 22.2 Å². The fourth-order valence-corrected chi connectivity index (χ4v) is 2.78. The number of carboxylic acid groups (broad SMARTS) is 2. The minimum Gasteiger partial charge on any atom is -0.481 e. The van der Waals surface area contributed by atoms with Gasteiger partial charge in [-0.3, -0.25) is 9.59 Å². The van der Waals surface area contributed by atoms with Gasteiger partial charge in [0, 0.05) is 0 Å². The summed E-state index contributed by atoms with van der Waals surface area (Å²) in [7, 11) is 0. The molecule has 2 aliphatic rings. The molecule has 4 heteroatoms. The first-order valence-corrected chi connectivity index (χ1v) is 4.53. The van der Waals surface area contributed by atoms with Crippen molar-refractivity contribution in [3.05, 3.63) is 0 Å². The van der Waals surface area contributed by atoms with Crippen LogP contribution in [0.3, 0.4) is 0 Å². The van der Waals surface area contributed by atoms with Crippen LogP contribution in [-0.2, 0) is 9.59 Å². The highest BCUT2D eigenvalue weighted by Gasteiger charge is 2.66.